The van der Waals surface area contributed by atoms with Gasteiger partial charge in [-0.25, -0.2) is 0 Å². The number of carboxylic acids is 1. The number of ether oxygens (including phenoxy) is 1. The summed E-state index contributed by atoms with van der Waals surface area (Å²) in [5, 5.41) is 10.7. The van der Waals surface area contributed by atoms with Crippen LogP contribution >= 0.6 is 0 Å². The summed E-state index contributed by atoms with van der Waals surface area (Å²) in [6.07, 6.45) is 4.24. The highest BCUT2D eigenvalue weighted by molar-refractivity contribution is 5.67. The number of aliphatic carboxylic acids is 1. The molecule has 2 fully saturated rings. The molecule has 5 heteroatoms. The fourth-order valence-corrected chi connectivity index (χ4v) is 2.62. The summed E-state index contributed by atoms with van der Waals surface area (Å²) >= 11 is 0. The molecule has 0 spiro atoms. The second-order valence-electron chi connectivity index (χ2n) is 4.96. The normalized spacial score (nSPS) is 32.5. The first-order valence-electron chi connectivity index (χ1n) is 6.41. The van der Waals surface area contributed by atoms with Crippen molar-refractivity contribution >= 4 is 5.97 Å². The van der Waals surface area contributed by atoms with Crippen LogP contribution in [0.5, 0.6) is 0 Å². The lowest BCUT2D eigenvalue weighted by Gasteiger charge is -2.31. The van der Waals surface area contributed by atoms with Crippen molar-refractivity contribution in [1.29, 1.82) is 0 Å². The predicted molar refractivity (Wildman–Crippen MR) is 57.5 cm³/mol. The zero-order valence-corrected chi connectivity index (χ0v) is 9.94. The molecule has 1 heterocycles. The lowest BCUT2D eigenvalue weighted by Crippen LogP contribution is -2.38. The number of nitrogens with zero attached hydrogens (tertiary/aromatic N) is 1. The molecule has 0 N–H and O–H groups in total. The molecule has 0 aromatic carbocycles. The highest BCUT2D eigenvalue weighted by Gasteiger charge is 2.28. The van der Waals surface area contributed by atoms with Crippen LogP contribution in [0.1, 0.15) is 38.5 Å². The third-order valence-corrected chi connectivity index (χ3v) is 3.74. The molecule has 2 rings (SSSR count). The number of halogens is 1. The molecular formula is C12H19FNO3-. The maximum atomic E-state index is 13.7. The van der Waals surface area contributed by atoms with Crippen molar-refractivity contribution in [2.75, 3.05) is 13.1 Å². The average molecular weight is 244 g/mol. The van der Waals surface area contributed by atoms with E-state index in [2.05, 4.69) is 0 Å². The second kappa shape index (κ2) is 5.78. The molecule has 0 aromatic heterocycles. The topological polar surface area (TPSA) is 52.6 Å². The van der Waals surface area contributed by atoms with E-state index in [1.165, 1.54) is 0 Å². The lowest BCUT2D eigenvalue weighted by molar-refractivity contribution is -0.313. The van der Waals surface area contributed by atoms with Crippen molar-refractivity contribution in [1.82, 2.24) is 4.90 Å². The Balaban J connectivity index is 1.72. The maximum Gasteiger partial charge on any atom is 0.258 e. The molecule has 1 aliphatic heterocycles. The summed E-state index contributed by atoms with van der Waals surface area (Å²) in [6, 6.07) is 0. The summed E-state index contributed by atoms with van der Waals surface area (Å²) in [4.78, 5) is 12.4. The second-order valence-corrected chi connectivity index (χ2v) is 4.96. The van der Waals surface area contributed by atoms with Gasteiger partial charge in [0.25, 0.3) is 6.48 Å². The number of likely N-dealkylation sites (tertiary alicyclic amines) is 1. The molecule has 1 atom stereocenters. The Morgan fingerprint density at radius 3 is 2.35 bits per heavy atom. The molecule has 0 radical (unpaired) electrons. The summed E-state index contributed by atoms with van der Waals surface area (Å²) < 4.78 is 19.1. The number of alkyl halides is 1. The van der Waals surface area contributed by atoms with E-state index in [4.69, 9.17) is 4.74 Å². The largest absolute Gasteiger partial charge is 0.550 e. The molecule has 0 aromatic rings. The Labute approximate surface area is 101 Å². The van der Waals surface area contributed by atoms with Gasteiger partial charge < -0.3 is 14.6 Å². The molecule has 1 aliphatic carbocycles. The van der Waals surface area contributed by atoms with Crippen LogP contribution in [-0.4, -0.2) is 36.5 Å². The van der Waals surface area contributed by atoms with Gasteiger partial charge in [-0.1, -0.05) is 0 Å². The Morgan fingerprint density at radius 2 is 1.82 bits per heavy atom. The number of carbonyl (C=O) groups excluding carboxylic acids is 1. The third-order valence-electron chi connectivity index (χ3n) is 3.74. The molecule has 1 saturated carbocycles. The standard InChI is InChI=1S/C12H20FNO3/c13-12(14-7-1-2-8-14)17-10-5-3-9(4-6-10)11(15)16/h9-10,12H,1-8H2,(H,15,16)/p-1. The van der Waals surface area contributed by atoms with Crippen molar-refractivity contribution in [2.24, 2.45) is 5.92 Å². The first kappa shape index (κ1) is 12.8. The fourth-order valence-electron chi connectivity index (χ4n) is 2.62. The molecule has 0 bridgehead atoms. The lowest BCUT2D eigenvalue weighted by atomic mass is 9.87. The minimum absolute atomic E-state index is 0.138. The maximum absolute atomic E-state index is 13.7. The molecule has 2 aliphatic rings. The molecule has 1 unspecified atom stereocenters. The van der Waals surface area contributed by atoms with Gasteiger partial charge in [-0.3, -0.25) is 4.90 Å². The van der Waals surface area contributed by atoms with Gasteiger partial charge >= 0.3 is 0 Å². The molecule has 98 valence electrons. The molecule has 17 heavy (non-hydrogen) atoms. The van der Waals surface area contributed by atoms with Crippen LogP contribution in [0.4, 0.5) is 4.39 Å². The smallest absolute Gasteiger partial charge is 0.258 e. The van der Waals surface area contributed by atoms with Gasteiger partial charge in [-0.05, 0) is 44.4 Å². The van der Waals surface area contributed by atoms with Crippen LogP contribution in [0.25, 0.3) is 0 Å². The van der Waals surface area contributed by atoms with E-state index >= 15 is 0 Å². The fraction of sp³-hybridized carbons (Fsp3) is 0.917. The van der Waals surface area contributed by atoms with E-state index in [1.54, 1.807) is 4.90 Å². The monoisotopic (exact) mass is 244 g/mol. The van der Waals surface area contributed by atoms with Crippen molar-refractivity contribution < 1.29 is 19.0 Å². The van der Waals surface area contributed by atoms with Gasteiger partial charge in [0.15, 0.2) is 0 Å². The number of hydrogen-bond donors (Lipinski definition) is 0. The van der Waals surface area contributed by atoms with E-state index in [1.807, 2.05) is 0 Å². The predicted octanol–water partition coefficient (Wildman–Crippen LogP) is 0.661. The van der Waals surface area contributed by atoms with Crippen molar-refractivity contribution in [3.8, 4) is 0 Å². The number of hydrogen-bond acceptors (Lipinski definition) is 4. The van der Waals surface area contributed by atoms with Crippen LogP contribution < -0.4 is 5.11 Å². The van der Waals surface area contributed by atoms with Crippen molar-refractivity contribution in [3.05, 3.63) is 0 Å². The number of rotatable bonds is 4. The Morgan fingerprint density at radius 1 is 1.24 bits per heavy atom. The van der Waals surface area contributed by atoms with Crippen LogP contribution in [0.15, 0.2) is 0 Å². The van der Waals surface area contributed by atoms with E-state index in [-0.39, 0.29) is 12.0 Å². The zero-order chi connectivity index (χ0) is 12.3. The van der Waals surface area contributed by atoms with E-state index in [0.29, 0.717) is 25.7 Å². The van der Waals surface area contributed by atoms with Gasteiger partial charge in [-0.15, -0.1) is 0 Å². The minimum atomic E-state index is -1.32. The highest BCUT2D eigenvalue weighted by atomic mass is 19.1. The molecule has 1 saturated heterocycles. The summed E-state index contributed by atoms with van der Waals surface area (Å²) in [5.41, 5.74) is 0. The Bertz CT molecular complexity index is 260. The third kappa shape index (κ3) is 3.39. The van der Waals surface area contributed by atoms with Crippen LogP contribution in [-0.2, 0) is 9.53 Å². The quantitative estimate of drug-likeness (QED) is 0.682. The van der Waals surface area contributed by atoms with Gasteiger partial charge in [0.05, 0.1) is 6.10 Å². The highest BCUT2D eigenvalue weighted by Crippen LogP contribution is 2.27. The SMILES string of the molecule is O=C([O-])C1CCC(OC(F)N2CCCC2)CC1. The minimum Gasteiger partial charge on any atom is -0.550 e. The molecule has 0 amide bonds. The molecular weight excluding hydrogens is 225 g/mol. The zero-order valence-electron chi connectivity index (χ0n) is 9.94. The number of carboxylic acid groups (broad SMARTS) is 1. The van der Waals surface area contributed by atoms with E-state index in [0.717, 1.165) is 25.9 Å². The van der Waals surface area contributed by atoms with Gasteiger partial charge in [0.2, 0.25) is 0 Å². The van der Waals surface area contributed by atoms with Crippen molar-refractivity contribution in [3.63, 3.8) is 0 Å². The average Bonchev–Trinajstić information content (AvgIpc) is 2.83. The molecule has 4 nitrogen and oxygen atoms in total. The summed E-state index contributed by atoms with van der Waals surface area (Å²) in [6.45, 7) is 0.201. The summed E-state index contributed by atoms with van der Waals surface area (Å²) in [5.74, 6) is -1.36. The van der Waals surface area contributed by atoms with Crippen LogP contribution in [0.3, 0.4) is 0 Å². The van der Waals surface area contributed by atoms with Gasteiger partial charge in [0, 0.05) is 19.1 Å². The Kier molecular flexibility index (Phi) is 4.34. The first-order valence-corrected chi connectivity index (χ1v) is 6.41. The van der Waals surface area contributed by atoms with E-state index in [9.17, 15) is 14.3 Å². The first-order chi connectivity index (χ1) is 8.16. The Hall–Kier alpha value is -0.680. The van der Waals surface area contributed by atoms with Gasteiger partial charge in [-0.2, -0.15) is 4.39 Å². The van der Waals surface area contributed by atoms with Gasteiger partial charge in [0.1, 0.15) is 0 Å². The summed E-state index contributed by atoms with van der Waals surface area (Å²) in [7, 11) is 0. The van der Waals surface area contributed by atoms with Crippen molar-refractivity contribution in [2.45, 2.75) is 51.1 Å². The van der Waals surface area contributed by atoms with Crippen LogP contribution in [0.2, 0.25) is 0 Å². The van der Waals surface area contributed by atoms with Crippen LogP contribution in [0, 0.1) is 5.92 Å². The van der Waals surface area contributed by atoms with E-state index < -0.39 is 12.5 Å². The number of carbonyl (C=O) groups is 1.